The Bertz CT molecular complexity index is 326. The van der Waals surface area contributed by atoms with Gasteiger partial charge in [0.15, 0.2) is 5.69 Å². The van der Waals surface area contributed by atoms with E-state index < -0.39 is 0 Å². The minimum Gasteiger partial charge on any atom is -0.394 e. The molecule has 0 bridgehead atoms. The van der Waals surface area contributed by atoms with Gasteiger partial charge in [0.1, 0.15) is 6.07 Å². The molecule has 5 heteroatoms. The average molecular weight is 194 g/mol. The zero-order valence-electron chi connectivity index (χ0n) is 8.27. The molecule has 1 aromatic rings. The van der Waals surface area contributed by atoms with Crippen molar-refractivity contribution < 1.29 is 5.11 Å². The first-order valence-electron chi connectivity index (χ1n) is 4.76. The van der Waals surface area contributed by atoms with Gasteiger partial charge in [0, 0.05) is 0 Å². The fourth-order valence-electron chi connectivity index (χ4n) is 1.29. The predicted octanol–water partition coefficient (Wildman–Crippen LogP) is 0.485. The first-order valence-corrected chi connectivity index (χ1v) is 4.76. The third kappa shape index (κ3) is 2.30. The molecule has 0 aliphatic heterocycles. The van der Waals surface area contributed by atoms with Gasteiger partial charge in [0.05, 0.1) is 18.8 Å². The van der Waals surface area contributed by atoms with Crippen LogP contribution >= 0.6 is 0 Å². The van der Waals surface area contributed by atoms with E-state index in [-0.39, 0.29) is 6.61 Å². The lowest BCUT2D eigenvalue weighted by molar-refractivity contribution is 0.265. The minimum absolute atomic E-state index is 0.0212. The van der Waals surface area contributed by atoms with E-state index in [1.165, 1.54) is 0 Å². The molecule has 0 atom stereocenters. The van der Waals surface area contributed by atoms with Crippen molar-refractivity contribution >= 4 is 0 Å². The molecule has 0 spiro atoms. The molecule has 5 nitrogen and oxygen atoms in total. The Labute approximate surface area is 83.0 Å². The lowest BCUT2D eigenvalue weighted by atomic mass is 10.2. The number of aliphatic hydroxyl groups is 1. The second-order valence-electron chi connectivity index (χ2n) is 3.05. The molecule has 0 aliphatic carbocycles. The Hall–Kier alpha value is -1.41. The van der Waals surface area contributed by atoms with Crippen LogP contribution in [0.3, 0.4) is 0 Å². The number of aromatic nitrogens is 3. The highest BCUT2D eigenvalue weighted by atomic mass is 16.3. The summed E-state index contributed by atoms with van der Waals surface area (Å²) in [4.78, 5) is 0. The van der Waals surface area contributed by atoms with Gasteiger partial charge in [-0.3, -0.25) is 0 Å². The fourth-order valence-corrected chi connectivity index (χ4v) is 1.29. The molecule has 1 rings (SSSR count). The summed E-state index contributed by atoms with van der Waals surface area (Å²) in [7, 11) is 0. The summed E-state index contributed by atoms with van der Waals surface area (Å²) in [5, 5.41) is 25.1. The highest BCUT2D eigenvalue weighted by Gasteiger charge is 2.10. The molecule has 1 aromatic heterocycles. The number of hydrogen-bond donors (Lipinski definition) is 1. The average Bonchev–Trinajstić information content (AvgIpc) is 2.58. The maximum absolute atomic E-state index is 8.78. The molecular weight excluding hydrogens is 180 g/mol. The van der Waals surface area contributed by atoms with Gasteiger partial charge < -0.3 is 5.11 Å². The van der Waals surface area contributed by atoms with E-state index in [1.807, 2.05) is 6.07 Å². The van der Waals surface area contributed by atoms with E-state index in [4.69, 9.17) is 10.4 Å². The van der Waals surface area contributed by atoms with E-state index in [1.54, 1.807) is 4.68 Å². The number of nitrogens with zero attached hydrogens (tertiary/aromatic N) is 4. The summed E-state index contributed by atoms with van der Waals surface area (Å²) >= 11 is 0. The first kappa shape index (κ1) is 10.7. The molecule has 0 aliphatic rings. The standard InChI is InChI=1S/C9H14N4O/c1-2-3-4-9-8(7-10)11-12-13(9)5-6-14/h14H,2-6H2,1H3. The first-order chi connectivity index (χ1) is 6.83. The highest BCUT2D eigenvalue weighted by molar-refractivity contribution is 5.24. The Balaban J connectivity index is 2.83. The molecule has 1 heterocycles. The van der Waals surface area contributed by atoms with Crippen LogP contribution in [0.4, 0.5) is 0 Å². The van der Waals surface area contributed by atoms with Gasteiger partial charge in [-0.15, -0.1) is 5.10 Å². The second-order valence-corrected chi connectivity index (χ2v) is 3.05. The lowest BCUT2D eigenvalue weighted by Crippen LogP contribution is -2.08. The number of hydrogen-bond acceptors (Lipinski definition) is 4. The fraction of sp³-hybridized carbons (Fsp3) is 0.667. The third-order valence-electron chi connectivity index (χ3n) is 2.02. The molecule has 0 saturated carbocycles. The normalized spacial score (nSPS) is 10.1. The van der Waals surface area contributed by atoms with Crippen LogP contribution in [0.15, 0.2) is 0 Å². The van der Waals surface area contributed by atoms with E-state index in [9.17, 15) is 0 Å². The van der Waals surface area contributed by atoms with Crippen LogP contribution in [-0.2, 0) is 13.0 Å². The van der Waals surface area contributed by atoms with Crippen LogP contribution in [0.2, 0.25) is 0 Å². The number of unbranched alkanes of at least 4 members (excludes halogenated alkanes) is 1. The van der Waals surface area contributed by atoms with Gasteiger partial charge in [-0.2, -0.15) is 5.26 Å². The zero-order chi connectivity index (χ0) is 10.4. The second kappa shape index (κ2) is 5.35. The van der Waals surface area contributed by atoms with E-state index >= 15 is 0 Å². The Morgan fingerprint density at radius 1 is 1.57 bits per heavy atom. The van der Waals surface area contributed by atoms with Crippen molar-refractivity contribution in [3.8, 4) is 6.07 Å². The summed E-state index contributed by atoms with van der Waals surface area (Å²) in [5.41, 5.74) is 1.22. The molecule has 0 radical (unpaired) electrons. The van der Waals surface area contributed by atoms with Gasteiger partial charge in [0.2, 0.25) is 0 Å². The van der Waals surface area contributed by atoms with Gasteiger partial charge in [-0.05, 0) is 12.8 Å². The summed E-state index contributed by atoms with van der Waals surface area (Å²) < 4.78 is 1.61. The van der Waals surface area contributed by atoms with E-state index in [2.05, 4.69) is 17.2 Å². The quantitative estimate of drug-likeness (QED) is 0.740. The van der Waals surface area contributed by atoms with Crippen LogP contribution in [0.5, 0.6) is 0 Å². The molecule has 0 unspecified atom stereocenters. The monoisotopic (exact) mass is 194 g/mol. The smallest absolute Gasteiger partial charge is 0.185 e. The van der Waals surface area contributed by atoms with E-state index in [0.717, 1.165) is 25.0 Å². The van der Waals surface area contributed by atoms with Crippen LogP contribution in [-0.4, -0.2) is 26.7 Å². The largest absolute Gasteiger partial charge is 0.394 e. The summed E-state index contributed by atoms with van der Waals surface area (Å²) in [6, 6.07) is 2.01. The van der Waals surface area contributed by atoms with Gasteiger partial charge in [-0.1, -0.05) is 18.6 Å². The SMILES string of the molecule is CCCCc1c(C#N)nnn1CCO. The minimum atomic E-state index is 0.0212. The van der Waals surface area contributed by atoms with Crippen LogP contribution < -0.4 is 0 Å². The topological polar surface area (TPSA) is 74.7 Å². The van der Waals surface area contributed by atoms with Crippen molar-refractivity contribution in [3.05, 3.63) is 11.4 Å². The van der Waals surface area contributed by atoms with Crippen LogP contribution in [0, 0.1) is 11.3 Å². The summed E-state index contributed by atoms with van der Waals surface area (Å²) in [5.74, 6) is 0. The molecule has 0 saturated heterocycles. The van der Waals surface area contributed by atoms with Gasteiger partial charge >= 0.3 is 0 Å². The summed E-state index contributed by atoms with van der Waals surface area (Å²) in [6.07, 6.45) is 2.87. The number of nitriles is 1. The molecule has 0 amide bonds. The van der Waals surface area contributed by atoms with Crippen molar-refractivity contribution in [2.75, 3.05) is 6.61 Å². The van der Waals surface area contributed by atoms with Crippen molar-refractivity contribution in [1.82, 2.24) is 15.0 Å². The molecule has 0 fully saturated rings. The van der Waals surface area contributed by atoms with Crippen molar-refractivity contribution in [2.45, 2.75) is 32.7 Å². The van der Waals surface area contributed by atoms with Gasteiger partial charge in [-0.25, -0.2) is 4.68 Å². The van der Waals surface area contributed by atoms with Crippen molar-refractivity contribution in [2.24, 2.45) is 0 Å². The zero-order valence-corrected chi connectivity index (χ0v) is 8.27. The van der Waals surface area contributed by atoms with Gasteiger partial charge in [0.25, 0.3) is 0 Å². The Morgan fingerprint density at radius 2 is 2.36 bits per heavy atom. The van der Waals surface area contributed by atoms with Crippen molar-refractivity contribution in [1.29, 1.82) is 5.26 Å². The molecule has 76 valence electrons. The van der Waals surface area contributed by atoms with Crippen LogP contribution in [0.25, 0.3) is 0 Å². The predicted molar refractivity (Wildman–Crippen MR) is 50.4 cm³/mol. The maximum atomic E-state index is 8.78. The number of aliphatic hydroxyl groups excluding tert-OH is 1. The molecule has 1 N–H and O–H groups in total. The third-order valence-corrected chi connectivity index (χ3v) is 2.02. The number of rotatable bonds is 5. The maximum Gasteiger partial charge on any atom is 0.185 e. The Morgan fingerprint density at radius 3 is 2.93 bits per heavy atom. The molecule has 0 aromatic carbocycles. The Kier molecular flexibility index (Phi) is 4.08. The molecule has 14 heavy (non-hydrogen) atoms. The van der Waals surface area contributed by atoms with Crippen molar-refractivity contribution in [3.63, 3.8) is 0 Å². The van der Waals surface area contributed by atoms with E-state index in [0.29, 0.717) is 12.2 Å². The molecular formula is C9H14N4O. The summed E-state index contributed by atoms with van der Waals surface area (Å²) in [6.45, 7) is 2.52. The lowest BCUT2D eigenvalue weighted by Gasteiger charge is -2.03. The van der Waals surface area contributed by atoms with Crippen LogP contribution in [0.1, 0.15) is 31.2 Å². The highest BCUT2D eigenvalue weighted by Crippen LogP contribution is 2.08.